The average Bonchev–Trinajstić information content (AvgIpc) is 2.66. The van der Waals surface area contributed by atoms with Gasteiger partial charge in [-0.15, -0.1) is 10.2 Å². The third-order valence-electron chi connectivity index (χ3n) is 1.71. The molecule has 6 heteroatoms. The number of halogens is 2. The van der Waals surface area contributed by atoms with Gasteiger partial charge in [-0.1, -0.05) is 17.4 Å². The van der Waals surface area contributed by atoms with Crippen LogP contribution in [-0.4, -0.2) is 10.2 Å². The number of hydrogen-bond acceptors (Lipinski definition) is 3. The maximum absolute atomic E-state index is 13.0. The number of rotatable bonds is 1. The number of nitrogens with zero attached hydrogens (tertiary/aromatic N) is 3. The molecule has 0 aliphatic heterocycles. The van der Waals surface area contributed by atoms with Crippen LogP contribution in [0.5, 0.6) is 0 Å². The van der Waals surface area contributed by atoms with E-state index in [1.54, 1.807) is 6.07 Å². The van der Waals surface area contributed by atoms with Crippen molar-refractivity contribution in [1.29, 1.82) is 0 Å². The van der Waals surface area contributed by atoms with Gasteiger partial charge in [-0.2, -0.15) is 0 Å². The largest absolute Gasteiger partial charge is 0.235 e. The summed E-state index contributed by atoms with van der Waals surface area (Å²) in [5.41, 5.74) is 0.699. The molecule has 0 unspecified atom stereocenters. The number of hydrogen-bond donors (Lipinski definition) is 0. The molecular formula is C9H3BrFN3S. The lowest BCUT2D eigenvalue weighted by atomic mass is 10.2. The van der Waals surface area contributed by atoms with Gasteiger partial charge in [0.05, 0.1) is 6.57 Å². The van der Waals surface area contributed by atoms with Gasteiger partial charge in [0.15, 0.2) is 3.92 Å². The van der Waals surface area contributed by atoms with Gasteiger partial charge in [-0.25, -0.2) is 9.24 Å². The molecule has 0 amide bonds. The summed E-state index contributed by atoms with van der Waals surface area (Å²) in [6.45, 7) is 6.79. The highest BCUT2D eigenvalue weighted by Gasteiger charge is 2.08. The zero-order chi connectivity index (χ0) is 10.8. The SMILES string of the molecule is [C-]#[N+]c1cc(-c2nnc(Br)s2)ccc1F. The van der Waals surface area contributed by atoms with Crippen molar-refractivity contribution >= 4 is 33.0 Å². The van der Waals surface area contributed by atoms with Crippen LogP contribution in [0.4, 0.5) is 10.1 Å². The minimum absolute atomic E-state index is 0.00109. The van der Waals surface area contributed by atoms with E-state index in [-0.39, 0.29) is 5.69 Å². The molecular weight excluding hydrogens is 281 g/mol. The maximum atomic E-state index is 13.0. The topological polar surface area (TPSA) is 30.1 Å². The van der Waals surface area contributed by atoms with Crippen LogP contribution in [0.2, 0.25) is 0 Å². The van der Waals surface area contributed by atoms with Crippen molar-refractivity contribution in [3.8, 4) is 10.6 Å². The van der Waals surface area contributed by atoms with E-state index in [0.29, 0.717) is 14.5 Å². The van der Waals surface area contributed by atoms with Gasteiger partial charge in [-0.05, 0) is 28.1 Å². The Morgan fingerprint density at radius 2 is 2.20 bits per heavy atom. The summed E-state index contributed by atoms with van der Waals surface area (Å²) >= 11 is 4.52. The van der Waals surface area contributed by atoms with Gasteiger partial charge in [0.1, 0.15) is 10.8 Å². The lowest BCUT2D eigenvalue weighted by Crippen LogP contribution is -1.79. The second-order valence-corrected chi connectivity index (χ2v) is 4.89. The van der Waals surface area contributed by atoms with Gasteiger partial charge >= 0.3 is 0 Å². The van der Waals surface area contributed by atoms with Gasteiger partial charge in [0.2, 0.25) is 5.69 Å². The molecule has 0 saturated heterocycles. The summed E-state index contributed by atoms with van der Waals surface area (Å²) in [6, 6.07) is 4.31. The molecule has 0 fully saturated rings. The number of aromatic nitrogens is 2. The van der Waals surface area contributed by atoms with Crippen LogP contribution in [0.25, 0.3) is 15.4 Å². The molecule has 0 radical (unpaired) electrons. The fourth-order valence-corrected chi connectivity index (χ4v) is 2.16. The highest BCUT2D eigenvalue weighted by Crippen LogP contribution is 2.30. The highest BCUT2D eigenvalue weighted by molar-refractivity contribution is 9.11. The van der Waals surface area contributed by atoms with E-state index in [1.807, 2.05) is 0 Å². The Hall–Kier alpha value is -1.32. The van der Waals surface area contributed by atoms with Crippen molar-refractivity contribution in [2.75, 3.05) is 0 Å². The van der Waals surface area contributed by atoms with Crippen molar-refractivity contribution in [2.24, 2.45) is 0 Å². The first-order valence-corrected chi connectivity index (χ1v) is 5.48. The first-order chi connectivity index (χ1) is 7.20. The monoisotopic (exact) mass is 283 g/mol. The minimum Gasteiger partial charge on any atom is -0.235 e. The zero-order valence-corrected chi connectivity index (χ0v) is 9.64. The second kappa shape index (κ2) is 4.04. The molecule has 0 bridgehead atoms. The maximum Gasteiger partial charge on any atom is 0.222 e. The fraction of sp³-hybridized carbons (Fsp3) is 0. The first kappa shape index (κ1) is 10.2. The summed E-state index contributed by atoms with van der Waals surface area (Å²) in [5, 5.41) is 8.33. The molecule has 1 aromatic carbocycles. The summed E-state index contributed by atoms with van der Waals surface area (Å²) in [5.74, 6) is -0.516. The molecule has 2 rings (SSSR count). The molecule has 2 aromatic rings. The van der Waals surface area contributed by atoms with Crippen LogP contribution in [0.3, 0.4) is 0 Å². The van der Waals surface area contributed by atoms with Gasteiger partial charge < -0.3 is 0 Å². The van der Waals surface area contributed by atoms with E-state index in [1.165, 1.54) is 23.5 Å². The van der Waals surface area contributed by atoms with E-state index in [0.717, 1.165) is 0 Å². The Labute approximate surface area is 97.5 Å². The predicted molar refractivity (Wildman–Crippen MR) is 59.3 cm³/mol. The van der Waals surface area contributed by atoms with Gasteiger partial charge in [0, 0.05) is 5.56 Å². The Morgan fingerprint density at radius 1 is 1.40 bits per heavy atom. The molecule has 1 aromatic heterocycles. The summed E-state index contributed by atoms with van der Waals surface area (Å²) in [6.07, 6.45) is 0. The van der Waals surface area contributed by atoms with Crippen LogP contribution in [0.15, 0.2) is 22.1 Å². The van der Waals surface area contributed by atoms with Crippen molar-refractivity contribution in [1.82, 2.24) is 10.2 Å². The smallest absolute Gasteiger partial charge is 0.222 e. The predicted octanol–water partition coefficient (Wildman–Crippen LogP) is 3.66. The molecule has 15 heavy (non-hydrogen) atoms. The van der Waals surface area contributed by atoms with Gasteiger partial charge in [0.25, 0.3) is 0 Å². The van der Waals surface area contributed by atoms with E-state index in [2.05, 4.69) is 31.0 Å². The highest BCUT2D eigenvalue weighted by atomic mass is 79.9. The Balaban J connectivity index is 2.51. The van der Waals surface area contributed by atoms with Crippen molar-refractivity contribution in [3.05, 3.63) is 39.4 Å². The second-order valence-electron chi connectivity index (χ2n) is 2.64. The molecule has 0 spiro atoms. The Morgan fingerprint density at radius 3 is 2.80 bits per heavy atom. The fourth-order valence-electron chi connectivity index (χ4n) is 1.05. The van der Waals surface area contributed by atoms with Crippen molar-refractivity contribution in [2.45, 2.75) is 0 Å². The standard InChI is InChI=1S/C9H3BrFN3S/c1-12-7-4-5(2-3-6(7)11)8-13-14-9(10)15-8/h2-4H. The summed E-state index contributed by atoms with van der Waals surface area (Å²) < 4.78 is 13.7. The molecule has 3 nitrogen and oxygen atoms in total. The molecule has 0 aliphatic rings. The molecule has 74 valence electrons. The molecule has 0 saturated carbocycles. The Bertz CT molecular complexity index is 547. The van der Waals surface area contributed by atoms with E-state index >= 15 is 0 Å². The summed E-state index contributed by atoms with van der Waals surface area (Å²) in [7, 11) is 0. The van der Waals surface area contributed by atoms with Crippen LogP contribution in [0.1, 0.15) is 0 Å². The normalized spacial score (nSPS) is 9.93. The number of benzene rings is 1. The van der Waals surface area contributed by atoms with Crippen LogP contribution in [-0.2, 0) is 0 Å². The van der Waals surface area contributed by atoms with E-state index < -0.39 is 5.82 Å². The average molecular weight is 284 g/mol. The molecule has 1 heterocycles. The quantitative estimate of drug-likeness (QED) is 0.748. The lowest BCUT2D eigenvalue weighted by Gasteiger charge is -1.97. The van der Waals surface area contributed by atoms with Crippen LogP contribution in [0, 0.1) is 12.4 Å². The van der Waals surface area contributed by atoms with Crippen molar-refractivity contribution in [3.63, 3.8) is 0 Å². The van der Waals surface area contributed by atoms with Crippen LogP contribution >= 0.6 is 27.3 Å². The third kappa shape index (κ3) is 2.03. The molecule has 0 N–H and O–H groups in total. The molecule has 0 atom stereocenters. The first-order valence-electron chi connectivity index (χ1n) is 3.87. The van der Waals surface area contributed by atoms with Crippen LogP contribution < -0.4 is 0 Å². The molecule has 0 aliphatic carbocycles. The third-order valence-corrected chi connectivity index (χ3v) is 3.12. The van der Waals surface area contributed by atoms with E-state index in [4.69, 9.17) is 6.57 Å². The lowest BCUT2D eigenvalue weighted by molar-refractivity contribution is 0.634. The van der Waals surface area contributed by atoms with Gasteiger partial charge in [-0.3, -0.25) is 0 Å². The van der Waals surface area contributed by atoms with Crippen molar-refractivity contribution < 1.29 is 4.39 Å². The van der Waals surface area contributed by atoms with E-state index in [9.17, 15) is 4.39 Å². The summed E-state index contributed by atoms with van der Waals surface area (Å²) in [4.78, 5) is 3.08. The zero-order valence-electron chi connectivity index (χ0n) is 7.24. The Kier molecular flexibility index (Phi) is 2.75. The minimum atomic E-state index is -0.516.